The molecule has 0 spiro atoms. The normalized spacial score (nSPS) is 14.3. The second-order valence-electron chi connectivity index (χ2n) is 5.70. The van der Waals surface area contributed by atoms with Crippen molar-refractivity contribution in [2.45, 2.75) is 0 Å². The number of H-pyrrole nitrogens is 1. The fourth-order valence-corrected chi connectivity index (χ4v) is 3.09. The van der Waals surface area contributed by atoms with Crippen molar-refractivity contribution in [3.05, 3.63) is 60.3 Å². The van der Waals surface area contributed by atoms with Crippen LogP contribution in [0.1, 0.15) is 5.56 Å². The number of aromatic amines is 1. The van der Waals surface area contributed by atoms with E-state index in [1.807, 2.05) is 18.2 Å². The van der Waals surface area contributed by atoms with Crippen LogP contribution in [0.15, 0.2) is 59.7 Å². The molecule has 0 saturated carbocycles. The maximum absolute atomic E-state index is 4.62. The summed E-state index contributed by atoms with van der Waals surface area (Å²) in [6, 6.07) is 16.6. The summed E-state index contributed by atoms with van der Waals surface area (Å²) >= 11 is 0. The summed E-state index contributed by atoms with van der Waals surface area (Å²) in [7, 11) is 0. The fourth-order valence-electron chi connectivity index (χ4n) is 3.09. The molecule has 0 aliphatic carbocycles. The number of nitrogens with one attached hydrogen (secondary N) is 2. The number of nitrogens with zero attached hydrogens (tertiary/aromatic N) is 3. The Balaban J connectivity index is 1.57. The zero-order valence-corrected chi connectivity index (χ0v) is 12.5. The van der Waals surface area contributed by atoms with Gasteiger partial charge in [-0.25, -0.2) is 4.98 Å². The van der Waals surface area contributed by atoms with Gasteiger partial charge in [0.15, 0.2) is 0 Å². The molecule has 0 unspecified atom stereocenters. The lowest BCUT2D eigenvalue weighted by Crippen LogP contribution is -2.19. The average molecular weight is 301 g/mol. The molecule has 0 amide bonds. The molecule has 1 aliphatic rings. The molecule has 5 heteroatoms. The molecular formula is C18H15N5. The van der Waals surface area contributed by atoms with E-state index in [9.17, 15) is 0 Å². The summed E-state index contributed by atoms with van der Waals surface area (Å²) in [6.07, 6.45) is 2.10. The minimum atomic E-state index is 0.859. The van der Waals surface area contributed by atoms with E-state index in [1.54, 1.807) is 0 Å². The molecule has 0 radical (unpaired) electrons. The van der Waals surface area contributed by atoms with Crippen LogP contribution in [0.2, 0.25) is 0 Å². The number of benzene rings is 2. The zero-order valence-electron chi connectivity index (χ0n) is 12.5. The van der Waals surface area contributed by atoms with Gasteiger partial charge in [-0.3, -0.25) is 9.39 Å². The van der Waals surface area contributed by atoms with Crippen LogP contribution in [0.25, 0.3) is 28.1 Å². The van der Waals surface area contributed by atoms with Gasteiger partial charge in [-0.05, 0) is 17.7 Å². The van der Waals surface area contributed by atoms with Gasteiger partial charge in [0.2, 0.25) is 5.78 Å². The molecule has 5 rings (SSSR count). The number of imidazole rings is 2. The van der Waals surface area contributed by atoms with E-state index in [2.05, 4.69) is 61.2 Å². The average Bonchev–Trinajstić information content (AvgIpc) is 3.31. The van der Waals surface area contributed by atoms with Gasteiger partial charge in [0, 0.05) is 18.3 Å². The summed E-state index contributed by atoms with van der Waals surface area (Å²) in [5.74, 6) is 1.86. The van der Waals surface area contributed by atoms with Crippen molar-refractivity contribution in [3.8, 4) is 11.3 Å². The summed E-state index contributed by atoms with van der Waals surface area (Å²) in [6.45, 7) is 1.79. The van der Waals surface area contributed by atoms with Gasteiger partial charge < -0.3 is 10.3 Å². The first kappa shape index (κ1) is 12.5. The SMILES string of the molecule is c1ccc2c(c1)nc1[nH]c(-c3ccc(C4=NCCN4)cc3)cn12. The van der Waals surface area contributed by atoms with Crippen LogP contribution < -0.4 is 5.32 Å². The molecule has 0 fully saturated rings. The number of aliphatic imine (C=N–C) groups is 1. The Kier molecular flexibility index (Phi) is 2.55. The van der Waals surface area contributed by atoms with Gasteiger partial charge in [0.05, 0.1) is 23.3 Å². The number of fused-ring (bicyclic) bond motifs is 3. The molecule has 0 bridgehead atoms. The standard InChI is InChI=1S/C18H15N5/c1-2-4-16-14(3-1)21-18-22-15(11-23(16)18)12-5-7-13(8-6-12)17-19-9-10-20-17/h1-8,11H,9-10H2,(H,19,20)(H,21,22). The molecule has 2 aromatic carbocycles. The van der Waals surface area contributed by atoms with Gasteiger partial charge >= 0.3 is 0 Å². The van der Waals surface area contributed by atoms with Crippen molar-refractivity contribution in [1.82, 2.24) is 19.7 Å². The minimum Gasteiger partial charge on any atom is -0.368 e. The van der Waals surface area contributed by atoms with Gasteiger partial charge in [-0.1, -0.05) is 36.4 Å². The Labute approximate surface area is 132 Å². The number of rotatable bonds is 2. The van der Waals surface area contributed by atoms with E-state index in [4.69, 9.17) is 0 Å². The van der Waals surface area contributed by atoms with E-state index >= 15 is 0 Å². The Morgan fingerprint density at radius 1 is 0.957 bits per heavy atom. The second kappa shape index (κ2) is 4.71. The summed E-state index contributed by atoms with van der Waals surface area (Å²) in [5, 5.41) is 3.30. The molecule has 4 aromatic rings. The first-order valence-electron chi connectivity index (χ1n) is 7.73. The zero-order chi connectivity index (χ0) is 15.2. The van der Waals surface area contributed by atoms with E-state index in [-0.39, 0.29) is 0 Å². The van der Waals surface area contributed by atoms with Crippen LogP contribution in [0.4, 0.5) is 0 Å². The number of hydrogen-bond acceptors (Lipinski definition) is 3. The third-order valence-electron chi connectivity index (χ3n) is 4.24. The Hall–Kier alpha value is -3.08. The predicted molar refractivity (Wildman–Crippen MR) is 91.9 cm³/mol. The van der Waals surface area contributed by atoms with Crippen LogP contribution in [-0.2, 0) is 0 Å². The highest BCUT2D eigenvalue weighted by atomic mass is 15.1. The molecular weight excluding hydrogens is 286 g/mol. The molecule has 112 valence electrons. The van der Waals surface area contributed by atoms with Crippen molar-refractivity contribution in [2.75, 3.05) is 13.1 Å². The lowest BCUT2D eigenvalue weighted by Gasteiger charge is -2.03. The van der Waals surface area contributed by atoms with Gasteiger partial charge in [-0.15, -0.1) is 0 Å². The molecule has 3 heterocycles. The Morgan fingerprint density at radius 2 is 1.78 bits per heavy atom. The quantitative estimate of drug-likeness (QED) is 0.598. The minimum absolute atomic E-state index is 0.859. The molecule has 2 aromatic heterocycles. The number of aromatic nitrogens is 3. The van der Waals surface area contributed by atoms with Crippen LogP contribution >= 0.6 is 0 Å². The predicted octanol–water partition coefficient (Wildman–Crippen LogP) is 2.83. The summed E-state index contributed by atoms with van der Waals surface area (Å²) in [5.41, 5.74) is 5.46. The van der Waals surface area contributed by atoms with Crippen molar-refractivity contribution in [2.24, 2.45) is 4.99 Å². The molecule has 0 saturated heterocycles. The van der Waals surface area contributed by atoms with Gasteiger partial charge in [0.25, 0.3) is 0 Å². The largest absolute Gasteiger partial charge is 0.368 e. The highest BCUT2D eigenvalue weighted by Gasteiger charge is 2.10. The smallest absolute Gasteiger partial charge is 0.212 e. The van der Waals surface area contributed by atoms with Crippen LogP contribution in [-0.4, -0.2) is 33.3 Å². The van der Waals surface area contributed by atoms with Crippen LogP contribution in [0.5, 0.6) is 0 Å². The monoisotopic (exact) mass is 301 g/mol. The van der Waals surface area contributed by atoms with Crippen molar-refractivity contribution in [3.63, 3.8) is 0 Å². The molecule has 23 heavy (non-hydrogen) atoms. The maximum atomic E-state index is 4.62. The third kappa shape index (κ3) is 1.93. The van der Waals surface area contributed by atoms with Crippen molar-refractivity contribution >= 4 is 22.6 Å². The summed E-state index contributed by atoms with van der Waals surface area (Å²) < 4.78 is 2.10. The third-order valence-corrected chi connectivity index (χ3v) is 4.24. The Bertz CT molecular complexity index is 1040. The first-order chi connectivity index (χ1) is 11.4. The maximum Gasteiger partial charge on any atom is 0.212 e. The molecule has 5 nitrogen and oxygen atoms in total. The molecule has 0 atom stereocenters. The van der Waals surface area contributed by atoms with E-state index in [0.29, 0.717) is 0 Å². The number of amidine groups is 1. The van der Waals surface area contributed by atoms with Crippen LogP contribution in [0, 0.1) is 0 Å². The number of hydrogen-bond donors (Lipinski definition) is 2. The van der Waals surface area contributed by atoms with Crippen molar-refractivity contribution in [1.29, 1.82) is 0 Å². The van der Waals surface area contributed by atoms with E-state index < -0.39 is 0 Å². The van der Waals surface area contributed by atoms with E-state index in [1.165, 1.54) is 0 Å². The summed E-state index contributed by atoms with van der Waals surface area (Å²) in [4.78, 5) is 12.5. The Morgan fingerprint density at radius 3 is 2.61 bits per heavy atom. The second-order valence-corrected chi connectivity index (χ2v) is 5.70. The van der Waals surface area contributed by atoms with Crippen molar-refractivity contribution < 1.29 is 0 Å². The lowest BCUT2D eigenvalue weighted by atomic mass is 10.1. The molecule has 1 aliphatic heterocycles. The van der Waals surface area contributed by atoms with E-state index in [0.717, 1.165) is 52.6 Å². The lowest BCUT2D eigenvalue weighted by molar-refractivity contribution is 0.960. The number of para-hydroxylation sites is 2. The topological polar surface area (TPSA) is 57.5 Å². The fraction of sp³-hybridized carbons (Fsp3) is 0.111. The highest BCUT2D eigenvalue weighted by molar-refractivity contribution is 6.00. The van der Waals surface area contributed by atoms with Gasteiger partial charge in [-0.2, -0.15) is 0 Å². The molecule has 2 N–H and O–H groups in total. The van der Waals surface area contributed by atoms with Crippen LogP contribution in [0.3, 0.4) is 0 Å². The first-order valence-corrected chi connectivity index (χ1v) is 7.73. The highest BCUT2D eigenvalue weighted by Crippen LogP contribution is 2.23. The van der Waals surface area contributed by atoms with Gasteiger partial charge in [0.1, 0.15) is 5.84 Å².